The van der Waals surface area contributed by atoms with Crippen molar-refractivity contribution in [3.8, 4) is 0 Å². The fourth-order valence-corrected chi connectivity index (χ4v) is 1.82. The summed E-state index contributed by atoms with van der Waals surface area (Å²) in [6.07, 6.45) is 3.43. The van der Waals surface area contributed by atoms with E-state index >= 15 is 0 Å². The van der Waals surface area contributed by atoms with Crippen LogP contribution in [0.1, 0.15) is 34.2 Å². The summed E-state index contributed by atoms with van der Waals surface area (Å²) in [5.41, 5.74) is 0.968. The predicted octanol–water partition coefficient (Wildman–Crippen LogP) is 3.25. The average Bonchev–Trinajstić information content (AvgIpc) is 2.88. The summed E-state index contributed by atoms with van der Waals surface area (Å²) < 4.78 is 5.43. The van der Waals surface area contributed by atoms with Gasteiger partial charge in [-0.1, -0.05) is 6.07 Å². The molecule has 1 amide bonds. The highest BCUT2D eigenvalue weighted by Gasteiger charge is 2.17. The molecule has 2 rings (SSSR count). The summed E-state index contributed by atoms with van der Waals surface area (Å²) in [5, 5.41) is -0.245. The molecule has 2 aromatic rings. The minimum absolute atomic E-state index is 0.174. The summed E-state index contributed by atoms with van der Waals surface area (Å²) in [4.78, 5) is 17.8. The molecule has 0 saturated carbocycles. The highest BCUT2D eigenvalue weighted by Crippen LogP contribution is 2.22. The molecule has 5 heteroatoms. The molecule has 100 valence electrons. The molecule has 0 spiro atoms. The van der Waals surface area contributed by atoms with Crippen molar-refractivity contribution in [1.29, 1.82) is 0 Å². The van der Waals surface area contributed by atoms with Gasteiger partial charge in [0.25, 0.3) is 5.91 Å². The molecule has 0 aliphatic heterocycles. The number of hydrogen-bond donors (Lipinski definition) is 0. The Labute approximate surface area is 117 Å². The van der Waals surface area contributed by atoms with Crippen molar-refractivity contribution in [3.05, 3.63) is 53.7 Å². The maximum absolute atomic E-state index is 12.2. The van der Waals surface area contributed by atoms with Crippen LogP contribution in [0, 0.1) is 0 Å². The van der Waals surface area contributed by atoms with E-state index in [1.54, 1.807) is 43.4 Å². The van der Waals surface area contributed by atoms with Crippen LogP contribution in [0.15, 0.2) is 41.1 Å². The number of hydrogen-bond acceptors (Lipinski definition) is 3. The lowest BCUT2D eigenvalue weighted by atomic mass is 10.2. The number of nitrogens with zero attached hydrogens (tertiary/aromatic N) is 2. The van der Waals surface area contributed by atoms with Crippen LogP contribution < -0.4 is 0 Å². The van der Waals surface area contributed by atoms with E-state index in [-0.39, 0.29) is 11.3 Å². The van der Waals surface area contributed by atoms with Crippen molar-refractivity contribution in [2.24, 2.45) is 0 Å². The fraction of sp³-hybridized carbons (Fsp3) is 0.286. The van der Waals surface area contributed by atoms with Crippen LogP contribution in [0.3, 0.4) is 0 Å². The molecule has 0 N–H and O–H groups in total. The molecule has 19 heavy (non-hydrogen) atoms. The van der Waals surface area contributed by atoms with E-state index in [9.17, 15) is 4.79 Å². The maximum Gasteiger partial charge on any atom is 0.289 e. The van der Waals surface area contributed by atoms with E-state index in [1.165, 1.54) is 0 Å². The van der Waals surface area contributed by atoms with Gasteiger partial charge in [-0.15, -0.1) is 11.6 Å². The second kappa shape index (κ2) is 5.89. The van der Waals surface area contributed by atoms with Crippen molar-refractivity contribution >= 4 is 17.5 Å². The number of rotatable bonds is 4. The second-order valence-corrected chi connectivity index (χ2v) is 5.00. The summed E-state index contributed by atoms with van der Waals surface area (Å²) in [6, 6.07) is 7.14. The molecule has 0 radical (unpaired) electrons. The van der Waals surface area contributed by atoms with Crippen molar-refractivity contribution in [3.63, 3.8) is 0 Å². The Morgan fingerprint density at radius 2 is 2.26 bits per heavy atom. The molecule has 0 bridgehead atoms. The van der Waals surface area contributed by atoms with Gasteiger partial charge < -0.3 is 9.32 Å². The quantitative estimate of drug-likeness (QED) is 0.807. The molecule has 0 aromatic carbocycles. The molecule has 0 saturated heterocycles. The van der Waals surface area contributed by atoms with Crippen LogP contribution >= 0.6 is 11.6 Å². The molecule has 2 aromatic heterocycles. The lowest BCUT2D eigenvalue weighted by molar-refractivity contribution is 0.0751. The third-order valence-corrected chi connectivity index (χ3v) is 2.93. The van der Waals surface area contributed by atoms with Gasteiger partial charge in [0.15, 0.2) is 5.76 Å². The summed E-state index contributed by atoms with van der Waals surface area (Å²) in [7, 11) is 1.72. The van der Waals surface area contributed by atoms with E-state index in [2.05, 4.69) is 4.98 Å². The second-order valence-electron chi connectivity index (χ2n) is 4.34. The van der Waals surface area contributed by atoms with Gasteiger partial charge >= 0.3 is 0 Å². The Balaban J connectivity index is 2.06. The fourth-order valence-electron chi connectivity index (χ4n) is 1.71. The van der Waals surface area contributed by atoms with Crippen molar-refractivity contribution in [2.75, 3.05) is 7.05 Å². The van der Waals surface area contributed by atoms with Gasteiger partial charge in [0.1, 0.15) is 5.76 Å². The topological polar surface area (TPSA) is 46.3 Å². The van der Waals surface area contributed by atoms with Crippen LogP contribution in [-0.4, -0.2) is 22.8 Å². The van der Waals surface area contributed by atoms with E-state index in [1.807, 2.05) is 12.1 Å². The number of carbonyl (C=O) groups excluding carboxylic acids is 1. The Kier molecular flexibility index (Phi) is 4.22. The lowest BCUT2D eigenvalue weighted by Gasteiger charge is -2.15. The molecule has 4 nitrogen and oxygen atoms in total. The number of carbonyl (C=O) groups is 1. The van der Waals surface area contributed by atoms with Crippen LogP contribution in [0.5, 0.6) is 0 Å². The predicted molar refractivity (Wildman–Crippen MR) is 73.0 cm³/mol. The van der Waals surface area contributed by atoms with Gasteiger partial charge in [-0.2, -0.15) is 0 Å². The molecule has 0 fully saturated rings. The maximum atomic E-state index is 12.2. The Morgan fingerprint density at radius 3 is 2.84 bits per heavy atom. The molecule has 2 heterocycles. The van der Waals surface area contributed by atoms with Gasteiger partial charge in [-0.05, 0) is 30.7 Å². The van der Waals surface area contributed by atoms with E-state index < -0.39 is 0 Å². The summed E-state index contributed by atoms with van der Waals surface area (Å²) >= 11 is 5.90. The first-order valence-electron chi connectivity index (χ1n) is 5.96. The third kappa shape index (κ3) is 3.35. The molecule has 1 atom stereocenters. The zero-order valence-electron chi connectivity index (χ0n) is 10.8. The SMILES string of the molecule is CC(Cl)c1ccc(C(=O)N(C)Cc2cccnc2)o1. The van der Waals surface area contributed by atoms with E-state index in [0.29, 0.717) is 18.1 Å². The minimum atomic E-state index is -0.245. The first kappa shape index (κ1) is 13.6. The number of amides is 1. The monoisotopic (exact) mass is 278 g/mol. The number of furan rings is 1. The van der Waals surface area contributed by atoms with Crippen molar-refractivity contribution in [2.45, 2.75) is 18.8 Å². The number of alkyl halides is 1. The zero-order valence-corrected chi connectivity index (χ0v) is 11.6. The number of aromatic nitrogens is 1. The molecule has 0 aliphatic carbocycles. The number of pyridine rings is 1. The largest absolute Gasteiger partial charge is 0.454 e. The van der Waals surface area contributed by atoms with Gasteiger partial charge in [-0.3, -0.25) is 9.78 Å². The summed E-state index contributed by atoms with van der Waals surface area (Å²) in [5.74, 6) is 0.723. The third-order valence-electron chi connectivity index (χ3n) is 2.72. The van der Waals surface area contributed by atoms with Gasteiger partial charge in [-0.25, -0.2) is 0 Å². The minimum Gasteiger partial charge on any atom is -0.454 e. The highest BCUT2D eigenvalue weighted by molar-refractivity contribution is 6.20. The van der Waals surface area contributed by atoms with Crippen LogP contribution in [-0.2, 0) is 6.54 Å². The Hall–Kier alpha value is -1.81. The van der Waals surface area contributed by atoms with E-state index in [4.69, 9.17) is 16.0 Å². The molecule has 0 aliphatic rings. The smallest absolute Gasteiger partial charge is 0.289 e. The van der Waals surface area contributed by atoms with Crippen LogP contribution in [0.25, 0.3) is 0 Å². The first-order valence-corrected chi connectivity index (χ1v) is 6.39. The first-order chi connectivity index (χ1) is 9.08. The average molecular weight is 279 g/mol. The lowest BCUT2D eigenvalue weighted by Crippen LogP contribution is -2.25. The molecular formula is C14H15ClN2O2. The summed E-state index contributed by atoms with van der Waals surface area (Å²) in [6.45, 7) is 2.28. The number of halogens is 1. The van der Waals surface area contributed by atoms with Gasteiger partial charge in [0.2, 0.25) is 0 Å². The standard InChI is InChI=1S/C14H15ClN2O2/c1-10(15)12-5-6-13(19-12)14(18)17(2)9-11-4-3-7-16-8-11/h3-8,10H,9H2,1-2H3. The molecule has 1 unspecified atom stereocenters. The van der Waals surface area contributed by atoms with Crippen LogP contribution in [0.2, 0.25) is 0 Å². The van der Waals surface area contributed by atoms with Crippen molar-refractivity contribution in [1.82, 2.24) is 9.88 Å². The Morgan fingerprint density at radius 1 is 1.47 bits per heavy atom. The van der Waals surface area contributed by atoms with E-state index in [0.717, 1.165) is 5.56 Å². The van der Waals surface area contributed by atoms with Crippen LogP contribution in [0.4, 0.5) is 0 Å². The van der Waals surface area contributed by atoms with Crippen molar-refractivity contribution < 1.29 is 9.21 Å². The van der Waals surface area contributed by atoms with Gasteiger partial charge in [0, 0.05) is 26.0 Å². The zero-order chi connectivity index (χ0) is 13.8. The van der Waals surface area contributed by atoms with Gasteiger partial charge in [0.05, 0.1) is 5.38 Å². The highest BCUT2D eigenvalue weighted by atomic mass is 35.5. The Bertz CT molecular complexity index is 552. The molecular weight excluding hydrogens is 264 g/mol. The normalized spacial score (nSPS) is 12.2.